The Bertz CT molecular complexity index is 551. The Morgan fingerprint density at radius 2 is 0.857 bits per heavy atom. The zero-order chi connectivity index (χ0) is 21.2. The summed E-state index contributed by atoms with van der Waals surface area (Å²) in [5.74, 6) is 0. The number of rotatable bonds is 15. The van der Waals surface area contributed by atoms with Gasteiger partial charge in [0.25, 0.3) is 0 Å². The molecule has 0 amide bonds. The fourth-order valence-electron chi connectivity index (χ4n) is 3.09. The lowest BCUT2D eigenvalue weighted by Crippen LogP contribution is -1.82. The minimum atomic E-state index is 1.18. The zero-order valence-corrected chi connectivity index (χ0v) is 21.7. The first-order valence-corrected chi connectivity index (χ1v) is 12.7. The summed E-state index contributed by atoms with van der Waals surface area (Å²) in [7, 11) is 0. The van der Waals surface area contributed by atoms with E-state index >= 15 is 0 Å². The maximum atomic E-state index is 2.46. The van der Waals surface area contributed by atoms with Gasteiger partial charge in [-0.2, -0.15) is 0 Å². The lowest BCUT2D eigenvalue weighted by Gasteiger charge is -2.02. The summed E-state index contributed by atoms with van der Waals surface area (Å²) in [5, 5.41) is 0. The molecule has 0 fully saturated rings. The molecule has 0 nitrogen and oxygen atoms in total. The molecular weight excluding hydrogens is 451 g/mol. The highest BCUT2D eigenvalue weighted by Gasteiger charge is 1.94. The van der Waals surface area contributed by atoms with Gasteiger partial charge in [0.05, 0.1) is 0 Å². The molecule has 160 valence electrons. The Labute approximate surface area is 190 Å². The molecule has 0 rings (SSSR count). The number of alkyl halides is 1. The second-order valence-electron chi connectivity index (χ2n) is 8.47. The molecule has 0 aromatic carbocycles. The smallest absolute Gasteiger partial charge is 0.000168 e. The van der Waals surface area contributed by atoms with Crippen molar-refractivity contribution in [2.45, 2.75) is 106 Å². The quantitative estimate of drug-likeness (QED) is 0.0916. The van der Waals surface area contributed by atoms with E-state index in [9.17, 15) is 0 Å². The first-order valence-electron chi connectivity index (χ1n) is 11.2. The van der Waals surface area contributed by atoms with Gasteiger partial charge in [0.15, 0.2) is 0 Å². The van der Waals surface area contributed by atoms with Crippen LogP contribution in [0.1, 0.15) is 106 Å². The van der Waals surface area contributed by atoms with Crippen LogP contribution in [0, 0.1) is 0 Å². The third kappa shape index (κ3) is 18.8. The van der Waals surface area contributed by atoms with Crippen molar-refractivity contribution in [3.63, 3.8) is 0 Å². The second kappa shape index (κ2) is 18.5. The zero-order valence-electron chi connectivity index (χ0n) is 19.5. The Morgan fingerprint density at radius 1 is 0.500 bits per heavy atom. The largest absolute Gasteiger partial charge is 0.0864 e. The molecule has 0 bridgehead atoms. The molecule has 0 aromatic rings. The van der Waals surface area contributed by atoms with Gasteiger partial charge in [-0.25, -0.2) is 0 Å². The number of unbranched alkanes of at least 4 members (excludes halogenated alkanes) is 1. The van der Waals surface area contributed by atoms with Crippen molar-refractivity contribution in [3.05, 3.63) is 58.2 Å². The first-order chi connectivity index (χ1) is 13.3. The molecule has 0 aliphatic carbocycles. The Hall–Kier alpha value is -0.570. The van der Waals surface area contributed by atoms with Crippen molar-refractivity contribution in [1.29, 1.82) is 0 Å². The van der Waals surface area contributed by atoms with Crippen LogP contribution in [-0.4, -0.2) is 4.43 Å². The maximum Gasteiger partial charge on any atom is -0.000168 e. The van der Waals surface area contributed by atoms with Gasteiger partial charge in [0.1, 0.15) is 0 Å². The Balaban J connectivity index is 4.00. The monoisotopic (exact) mass is 496 g/mol. The van der Waals surface area contributed by atoms with E-state index in [4.69, 9.17) is 0 Å². The van der Waals surface area contributed by atoms with E-state index < -0.39 is 0 Å². The number of halogens is 1. The van der Waals surface area contributed by atoms with Crippen molar-refractivity contribution >= 4 is 22.6 Å². The lowest BCUT2D eigenvalue weighted by molar-refractivity contribution is 0.886. The summed E-state index contributed by atoms with van der Waals surface area (Å²) in [4.78, 5) is 0. The van der Waals surface area contributed by atoms with E-state index in [2.05, 4.69) is 94.5 Å². The molecular formula is C27H45I. The molecule has 0 heterocycles. The van der Waals surface area contributed by atoms with Crippen molar-refractivity contribution in [2.24, 2.45) is 0 Å². The van der Waals surface area contributed by atoms with E-state index in [1.54, 1.807) is 11.1 Å². The van der Waals surface area contributed by atoms with E-state index in [-0.39, 0.29) is 0 Å². The predicted molar refractivity (Wildman–Crippen MR) is 140 cm³/mol. The fraction of sp³-hybridized carbons (Fsp3) is 0.630. The molecule has 0 aromatic heterocycles. The van der Waals surface area contributed by atoms with Crippen LogP contribution < -0.4 is 0 Å². The van der Waals surface area contributed by atoms with Gasteiger partial charge in [0.2, 0.25) is 0 Å². The number of hydrogen-bond donors (Lipinski definition) is 0. The number of hydrogen-bond acceptors (Lipinski definition) is 0. The standard InChI is InChI=1S/C27H45I/c1-23(2)13-9-16-26(5)19-10-17-24(3)14-7-8-15-25(4)18-11-20-27(6)21-12-22-28/h13-15,19-20H,7-12,16-18,21-22H2,1-6H3/b24-14+,25-15+,26-19+,27-20+. The van der Waals surface area contributed by atoms with Gasteiger partial charge >= 0.3 is 0 Å². The van der Waals surface area contributed by atoms with Crippen LogP contribution in [0.2, 0.25) is 0 Å². The molecule has 0 N–H and O–H groups in total. The molecule has 0 aliphatic heterocycles. The highest BCUT2D eigenvalue weighted by Crippen LogP contribution is 2.14. The van der Waals surface area contributed by atoms with Crippen LogP contribution in [0.4, 0.5) is 0 Å². The summed E-state index contributed by atoms with van der Waals surface area (Å²) in [6.07, 6.45) is 24.2. The minimum Gasteiger partial charge on any atom is -0.0864 e. The summed E-state index contributed by atoms with van der Waals surface area (Å²) in [5.41, 5.74) is 7.59. The summed E-state index contributed by atoms with van der Waals surface area (Å²) in [6.45, 7) is 13.5. The Morgan fingerprint density at radius 3 is 1.25 bits per heavy atom. The molecule has 0 spiro atoms. The predicted octanol–water partition coefficient (Wildman–Crippen LogP) is 10.1. The van der Waals surface area contributed by atoms with Crippen LogP contribution in [0.5, 0.6) is 0 Å². The van der Waals surface area contributed by atoms with Crippen LogP contribution in [0.25, 0.3) is 0 Å². The molecule has 0 aliphatic rings. The van der Waals surface area contributed by atoms with Gasteiger partial charge in [0, 0.05) is 0 Å². The average Bonchev–Trinajstić information content (AvgIpc) is 2.63. The molecule has 0 saturated carbocycles. The van der Waals surface area contributed by atoms with Crippen LogP contribution in [0.15, 0.2) is 58.2 Å². The lowest BCUT2D eigenvalue weighted by atomic mass is 10.0. The molecule has 28 heavy (non-hydrogen) atoms. The summed E-state index contributed by atoms with van der Waals surface area (Å²) < 4.78 is 1.26. The SMILES string of the molecule is CC(C)=CCC/C(C)=C/CC/C(C)=C/CC/C=C(\C)CC/C=C(\C)CCCI. The van der Waals surface area contributed by atoms with Crippen molar-refractivity contribution < 1.29 is 0 Å². The molecule has 0 unspecified atom stereocenters. The Kier molecular flexibility index (Phi) is 18.1. The van der Waals surface area contributed by atoms with Gasteiger partial charge in [-0.15, -0.1) is 0 Å². The van der Waals surface area contributed by atoms with E-state index in [0.29, 0.717) is 0 Å². The normalized spacial score (nSPS) is 13.8. The van der Waals surface area contributed by atoms with E-state index in [1.165, 1.54) is 85.4 Å². The van der Waals surface area contributed by atoms with Gasteiger partial charge in [-0.05, 0) is 110 Å². The topological polar surface area (TPSA) is 0 Å². The van der Waals surface area contributed by atoms with Crippen molar-refractivity contribution in [1.82, 2.24) is 0 Å². The highest BCUT2D eigenvalue weighted by molar-refractivity contribution is 14.1. The average molecular weight is 497 g/mol. The van der Waals surface area contributed by atoms with Crippen molar-refractivity contribution in [3.8, 4) is 0 Å². The van der Waals surface area contributed by atoms with Gasteiger partial charge in [-0.1, -0.05) is 80.8 Å². The van der Waals surface area contributed by atoms with Crippen LogP contribution in [-0.2, 0) is 0 Å². The fourth-order valence-corrected chi connectivity index (χ4v) is 3.48. The highest BCUT2D eigenvalue weighted by atomic mass is 127. The maximum absolute atomic E-state index is 2.46. The van der Waals surface area contributed by atoms with E-state index in [0.717, 1.165) is 0 Å². The van der Waals surface area contributed by atoms with Crippen LogP contribution >= 0.6 is 22.6 Å². The molecule has 1 heteroatoms. The van der Waals surface area contributed by atoms with Crippen LogP contribution in [0.3, 0.4) is 0 Å². The van der Waals surface area contributed by atoms with Gasteiger partial charge < -0.3 is 0 Å². The number of allylic oxidation sites excluding steroid dienone is 10. The van der Waals surface area contributed by atoms with E-state index in [1.807, 2.05) is 0 Å². The minimum absolute atomic E-state index is 1.18. The second-order valence-corrected chi connectivity index (χ2v) is 9.55. The molecule has 0 atom stereocenters. The molecule has 0 radical (unpaired) electrons. The summed E-state index contributed by atoms with van der Waals surface area (Å²) >= 11 is 2.46. The summed E-state index contributed by atoms with van der Waals surface area (Å²) in [6, 6.07) is 0. The van der Waals surface area contributed by atoms with Gasteiger partial charge in [-0.3, -0.25) is 0 Å². The third-order valence-corrected chi connectivity index (χ3v) is 5.77. The third-order valence-electron chi connectivity index (χ3n) is 5.01. The molecule has 0 saturated heterocycles. The first kappa shape index (κ1) is 27.4. The van der Waals surface area contributed by atoms with Crippen molar-refractivity contribution in [2.75, 3.05) is 4.43 Å².